The Hall–Kier alpha value is -3.80. The molecule has 0 aliphatic rings. The molecule has 0 fully saturated rings. The summed E-state index contributed by atoms with van der Waals surface area (Å²) < 4.78 is 24.6. The maximum atomic E-state index is 13.5. The van der Waals surface area contributed by atoms with Gasteiger partial charge in [0, 0.05) is 18.6 Å². The molecule has 0 amide bonds. The number of ether oxygens (including phenoxy) is 1. The van der Waals surface area contributed by atoms with Crippen LogP contribution in [0.25, 0.3) is 11.3 Å². The molecule has 4 rings (SSSR count). The zero-order valence-electron chi connectivity index (χ0n) is 20.9. The molecule has 0 bridgehead atoms. The summed E-state index contributed by atoms with van der Waals surface area (Å²) in [5, 5.41) is 3.07. The summed E-state index contributed by atoms with van der Waals surface area (Å²) in [6.07, 6.45) is 2.10. The van der Waals surface area contributed by atoms with Gasteiger partial charge in [-0.2, -0.15) is 0 Å². The summed E-state index contributed by atoms with van der Waals surface area (Å²) in [4.78, 5) is 22.7. The molecule has 0 aliphatic carbocycles. The molecule has 2 atom stereocenters. The lowest BCUT2D eigenvalue weighted by atomic mass is 10.1. The van der Waals surface area contributed by atoms with E-state index < -0.39 is 19.1 Å². The van der Waals surface area contributed by atoms with Crippen molar-refractivity contribution in [2.24, 2.45) is 0 Å². The van der Waals surface area contributed by atoms with E-state index >= 15 is 0 Å². The van der Waals surface area contributed by atoms with Crippen LogP contribution in [0, 0.1) is 0 Å². The Balaban J connectivity index is 1.66. The first-order chi connectivity index (χ1) is 18.0. The van der Waals surface area contributed by atoms with Crippen molar-refractivity contribution in [3.05, 3.63) is 114 Å². The molecule has 190 valence electrons. The van der Waals surface area contributed by atoms with E-state index in [1.165, 1.54) is 6.66 Å². The minimum absolute atomic E-state index is 0.0550. The Morgan fingerprint density at radius 2 is 1.51 bits per heavy atom. The quantitative estimate of drug-likeness (QED) is 0.189. The van der Waals surface area contributed by atoms with Crippen molar-refractivity contribution in [3.63, 3.8) is 0 Å². The van der Waals surface area contributed by atoms with Crippen LogP contribution in [0.4, 0.5) is 5.82 Å². The van der Waals surface area contributed by atoms with Crippen LogP contribution in [0.2, 0.25) is 0 Å². The fourth-order valence-electron chi connectivity index (χ4n) is 3.84. The summed E-state index contributed by atoms with van der Waals surface area (Å²) in [7, 11) is -3.47. The van der Waals surface area contributed by atoms with Gasteiger partial charge in [0.15, 0.2) is 0 Å². The molecule has 1 N–H and O–H groups in total. The predicted octanol–water partition coefficient (Wildman–Crippen LogP) is 6.16. The normalized spacial score (nSPS) is 13.4. The van der Waals surface area contributed by atoms with Gasteiger partial charge >= 0.3 is 5.97 Å². The lowest BCUT2D eigenvalue weighted by Gasteiger charge is -2.25. The van der Waals surface area contributed by atoms with Gasteiger partial charge in [-0.3, -0.25) is 4.57 Å². The minimum atomic E-state index is -3.47. The molecule has 7 nitrogen and oxygen atoms in total. The highest BCUT2D eigenvalue weighted by Gasteiger charge is 2.38. The van der Waals surface area contributed by atoms with Crippen molar-refractivity contribution >= 4 is 19.2 Å². The van der Waals surface area contributed by atoms with Crippen LogP contribution < -0.4 is 5.32 Å². The molecule has 0 aliphatic heterocycles. The highest BCUT2D eigenvalue weighted by atomic mass is 31.2. The lowest BCUT2D eigenvalue weighted by molar-refractivity contribution is -0.144. The number of carbonyl (C=O) groups is 1. The van der Waals surface area contributed by atoms with E-state index in [0.29, 0.717) is 23.6 Å². The standard InChI is InChI=1S/C29H30N3O4P/c1-3-36-37(2,34)28(29(33)35-21-23-15-9-5-10-16-23)32-27-25(19-22-13-7-4-8-14-22)31-26(20-30-27)24-17-11-6-12-18-24/h4-18,20,28H,3,19,21H2,1-2H3,(H,30,32). The van der Waals surface area contributed by atoms with Gasteiger partial charge in [0.1, 0.15) is 12.4 Å². The van der Waals surface area contributed by atoms with Crippen molar-refractivity contribution < 1.29 is 18.6 Å². The van der Waals surface area contributed by atoms with Gasteiger partial charge in [-0.05, 0) is 18.1 Å². The first-order valence-corrected chi connectivity index (χ1v) is 14.2. The van der Waals surface area contributed by atoms with Gasteiger partial charge in [0.2, 0.25) is 13.2 Å². The van der Waals surface area contributed by atoms with E-state index in [9.17, 15) is 9.36 Å². The molecule has 1 aromatic heterocycles. The summed E-state index contributed by atoms with van der Waals surface area (Å²) in [6.45, 7) is 3.41. The van der Waals surface area contributed by atoms with E-state index in [1.807, 2.05) is 91.0 Å². The smallest absolute Gasteiger partial charge is 0.339 e. The number of nitrogens with zero attached hydrogens (tertiary/aromatic N) is 2. The predicted molar refractivity (Wildman–Crippen MR) is 146 cm³/mol. The molecular formula is C29H30N3O4P. The molecule has 37 heavy (non-hydrogen) atoms. The fourth-order valence-corrected chi connectivity index (χ4v) is 5.32. The molecule has 8 heteroatoms. The zero-order chi connectivity index (χ0) is 26.1. The Labute approximate surface area is 217 Å². The van der Waals surface area contributed by atoms with Crippen LogP contribution in [0.15, 0.2) is 97.2 Å². The fraction of sp³-hybridized carbons (Fsp3) is 0.207. The third kappa shape index (κ3) is 7.13. The van der Waals surface area contributed by atoms with Crippen molar-refractivity contribution in [1.29, 1.82) is 0 Å². The molecule has 3 aromatic carbocycles. The summed E-state index contributed by atoms with van der Waals surface area (Å²) >= 11 is 0. The molecule has 0 radical (unpaired) electrons. The minimum Gasteiger partial charge on any atom is -0.459 e. The number of hydrogen-bond donors (Lipinski definition) is 1. The van der Waals surface area contributed by atoms with Crippen LogP contribution in [0.1, 0.15) is 23.7 Å². The highest BCUT2D eigenvalue weighted by molar-refractivity contribution is 7.60. The number of benzene rings is 3. The molecular weight excluding hydrogens is 485 g/mol. The van der Waals surface area contributed by atoms with Gasteiger partial charge in [-0.25, -0.2) is 14.8 Å². The SMILES string of the molecule is CCOP(C)(=O)C(Nc1ncc(-c2ccccc2)nc1Cc1ccccc1)C(=O)OCc1ccccc1. The second-order valence-electron chi connectivity index (χ2n) is 8.55. The van der Waals surface area contributed by atoms with Crippen LogP contribution in [0.3, 0.4) is 0 Å². The molecule has 0 saturated carbocycles. The number of nitrogens with one attached hydrogen (secondary N) is 1. The second-order valence-corrected chi connectivity index (χ2v) is 11.1. The van der Waals surface area contributed by atoms with Gasteiger partial charge in [-0.15, -0.1) is 0 Å². The molecule has 1 heterocycles. The molecule has 2 unspecified atom stereocenters. The highest BCUT2D eigenvalue weighted by Crippen LogP contribution is 2.48. The molecule has 4 aromatic rings. The van der Waals surface area contributed by atoms with Crippen LogP contribution in [0.5, 0.6) is 0 Å². The van der Waals surface area contributed by atoms with Gasteiger partial charge in [-0.1, -0.05) is 91.0 Å². The monoisotopic (exact) mass is 515 g/mol. The van der Waals surface area contributed by atoms with E-state index in [0.717, 1.165) is 16.7 Å². The first kappa shape index (κ1) is 26.3. The third-order valence-corrected chi connectivity index (χ3v) is 7.75. The van der Waals surface area contributed by atoms with Crippen molar-refractivity contribution in [1.82, 2.24) is 9.97 Å². The summed E-state index contributed by atoms with van der Waals surface area (Å²) in [5.74, 6) is -1.57. The van der Waals surface area contributed by atoms with Crippen LogP contribution >= 0.6 is 7.37 Å². The average molecular weight is 516 g/mol. The second kappa shape index (κ2) is 12.4. The Morgan fingerprint density at radius 3 is 2.14 bits per heavy atom. The number of anilines is 1. The van der Waals surface area contributed by atoms with Gasteiger partial charge < -0.3 is 14.6 Å². The van der Waals surface area contributed by atoms with Crippen molar-refractivity contribution in [3.8, 4) is 11.3 Å². The third-order valence-electron chi connectivity index (χ3n) is 5.70. The zero-order valence-corrected chi connectivity index (χ0v) is 21.8. The summed E-state index contributed by atoms with van der Waals surface area (Å²) in [6, 6.07) is 28.9. The van der Waals surface area contributed by atoms with E-state index in [2.05, 4.69) is 10.3 Å². The van der Waals surface area contributed by atoms with Crippen molar-refractivity contribution in [2.75, 3.05) is 18.6 Å². The maximum absolute atomic E-state index is 13.5. The molecule has 0 saturated heterocycles. The Morgan fingerprint density at radius 1 is 0.919 bits per heavy atom. The average Bonchev–Trinajstić information content (AvgIpc) is 2.92. The van der Waals surface area contributed by atoms with E-state index in [-0.39, 0.29) is 13.2 Å². The first-order valence-electron chi connectivity index (χ1n) is 12.1. The van der Waals surface area contributed by atoms with Crippen molar-refractivity contribution in [2.45, 2.75) is 25.7 Å². The van der Waals surface area contributed by atoms with Gasteiger partial charge in [0.25, 0.3) is 0 Å². The molecule has 0 spiro atoms. The van der Waals surface area contributed by atoms with Crippen LogP contribution in [-0.4, -0.2) is 35.0 Å². The van der Waals surface area contributed by atoms with Gasteiger partial charge in [0.05, 0.1) is 24.2 Å². The number of aromatic nitrogens is 2. The lowest BCUT2D eigenvalue weighted by Crippen LogP contribution is -2.33. The topological polar surface area (TPSA) is 90.4 Å². The van der Waals surface area contributed by atoms with Crippen LogP contribution in [-0.2, 0) is 31.6 Å². The number of hydrogen-bond acceptors (Lipinski definition) is 7. The number of esters is 1. The Kier molecular flexibility index (Phi) is 8.83. The Bertz CT molecular complexity index is 1350. The largest absolute Gasteiger partial charge is 0.459 e. The van der Waals surface area contributed by atoms with E-state index in [4.69, 9.17) is 14.2 Å². The maximum Gasteiger partial charge on any atom is 0.339 e. The number of carbonyl (C=O) groups excluding carboxylic acids is 1. The summed E-state index contributed by atoms with van der Waals surface area (Å²) in [5.41, 5.74) is 4.09. The van der Waals surface area contributed by atoms with E-state index in [1.54, 1.807) is 13.1 Å². The number of rotatable bonds is 11.